The molecule has 0 saturated carbocycles. The monoisotopic (exact) mass is 195 g/mol. The van der Waals surface area contributed by atoms with Gasteiger partial charge in [0.15, 0.2) is 0 Å². The zero-order valence-corrected chi connectivity index (χ0v) is 8.83. The Labute approximate surface area is 85.1 Å². The Bertz CT molecular complexity index is 266. The topological polar surface area (TPSA) is 26.0 Å². The lowest BCUT2D eigenvalue weighted by molar-refractivity contribution is 0.493. The Morgan fingerprint density at radius 3 is 2.29 bits per heavy atom. The molecule has 1 atom stereocenters. The highest BCUT2D eigenvalue weighted by Gasteiger charge is 2.06. The fourth-order valence-corrected chi connectivity index (χ4v) is 1.61. The number of rotatable bonds is 4. The fraction of sp³-hybridized carbons (Fsp3) is 0.500. The van der Waals surface area contributed by atoms with Crippen molar-refractivity contribution < 1.29 is 4.39 Å². The Hall–Kier alpha value is -0.890. The lowest BCUT2D eigenvalue weighted by Crippen LogP contribution is -2.24. The zero-order chi connectivity index (χ0) is 10.6. The fourth-order valence-electron chi connectivity index (χ4n) is 1.61. The Morgan fingerprint density at radius 2 is 1.79 bits per heavy atom. The average Bonchev–Trinajstić information content (AvgIpc) is 2.07. The first-order valence-electron chi connectivity index (χ1n) is 5.08. The molecule has 78 valence electrons. The number of halogens is 1. The lowest BCUT2D eigenvalue weighted by atomic mass is 9.98. The van der Waals surface area contributed by atoms with E-state index in [1.165, 1.54) is 12.1 Å². The van der Waals surface area contributed by atoms with Gasteiger partial charge in [0.1, 0.15) is 5.82 Å². The average molecular weight is 195 g/mol. The molecule has 1 aromatic rings. The van der Waals surface area contributed by atoms with Crippen molar-refractivity contribution in [1.82, 2.24) is 0 Å². The van der Waals surface area contributed by atoms with Crippen LogP contribution < -0.4 is 5.73 Å². The first kappa shape index (κ1) is 11.2. The zero-order valence-electron chi connectivity index (χ0n) is 8.83. The molecule has 0 amide bonds. The largest absolute Gasteiger partial charge is 0.327 e. The van der Waals surface area contributed by atoms with E-state index in [0.29, 0.717) is 5.92 Å². The molecule has 0 saturated heterocycles. The van der Waals surface area contributed by atoms with Crippen molar-refractivity contribution in [2.75, 3.05) is 0 Å². The predicted octanol–water partition coefficient (Wildman–Crippen LogP) is 2.74. The molecule has 0 spiro atoms. The molecule has 2 N–H and O–H groups in total. The summed E-state index contributed by atoms with van der Waals surface area (Å²) in [5.41, 5.74) is 7.06. The molecule has 1 aromatic carbocycles. The van der Waals surface area contributed by atoms with Crippen LogP contribution in [0.5, 0.6) is 0 Å². The molecule has 0 aromatic heterocycles. The van der Waals surface area contributed by atoms with Crippen LogP contribution in [-0.4, -0.2) is 6.04 Å². The third-order valence-corrected chi connectivity index (χ3v) is 2.19. The highest BCUT2D eigenvalue weighted by Crippen LogP contribution is 2.10. The summed E-state index contributed by atoms with van der Waals surface area (Å²) in [6, 6.07) is 6.75. The minimum absolute atomic E-state index is 0.181. The van der Waals surface area contributed by atoms with Gasteiger partial charge in [-0.2, -0.15) is 0 Å². The van der Waals surface area contributed by atoms with Gasteiger partial charge in [-0.3, -0.25) is 0 Å². The van der Waals surface area contributed by atoms with E-state index in [1.54, 1.807) is 12.1 Å². The van der Waals surface area contributed by atoms with Gasteiger partial charge in [0.05, 0.1) is 0 Å². The van der Waals surface area contributed by atoms with E-state index >= 15 is 0 Å². The summed E-state index contributed by atoms with van der Waals surface area (Å²) in [7, 11) is 0. The maximum Gasteiger partial charge on any atom is 0.123 e. The van der Waals surface area contributed by atoms with Crippen LogP contribution in [0.25, 0.3) is 0 Å². The van der Waals surface area contributed by atoms with E-state index in [2.05, 4.69) is 13.8 Å². The van der Waals surface area contributed by atoms with Crippen molar-refractivity contribution in [2.24, 2.45) is 11.7 Å². The normalized spacial score (nSPS) is 13.2. The van der Waals surface area contributed by atoms with Gasteiger partial charge >= 0.3 is 0 Å². The third kappa shape index (κ3) is 3.88. The Morgan fingerprint density at radius 1 is 1.21 bits per heavy atom. The van der Waals surface area contributed by atoms with Crippen molar-refractivity contribution in [3.8, 4) is 0 Å². The van der Waals surface area contributed by atoms with Gasteiger partial charge in [0, 0.05) is 6.04 Å². The second-order valence-corrected chi connectivity index (χ2v) is 4.22. The van der Waals surface area contributed by atoms with Crippen LogP contribution >= 0.6 is 0 Å². The second kappa shape index (κ2) is 5.11. The van der Waals surface area contributed by atoms with Crippen LogP contribution in [0, 0.1) is 11.7 Å². The molecule has 1 nitrogen and oxygen atoms in total. The summed E-state index contributed by atoms with van der Waals surface area (Å²) in [4.78, 5) is 0. The summed E-state index contributed by atoms with van der Waals surface area (Å²) >= 11 is 0. The molecule has 0 fully saturated rings. The van der Waals surface area contributed by atoms with Crippen molar-refractivity contribution in [2.45, 2.75) is 32.7 Å². The van der Waals surface area contributed by atoms with Crippen LogP contribution in [0.2, 0.25) is 0 Å². The van der Waals surface area contributed by atoms with Gasteiger partial charge in [0.2, 0.25) is 0 Å². The molecule has 0 aliphatic heterocycles. The van der Waals surface area contributed by atoms with Crippen LogP contribution in [0.4, 0.5) is 4.39 Å². The molecule has 2 heteroatoms. The first-order chi connectivity index (χ1) is 6.58. The molecule has 0 heterocycles. The van der Waals surface area contributed by atoms with Gasteiger partial charge in [-0.15, -0.1) is 0 Å². The number of benzene rings is 1. The molecule has 1 rings (SSSR count). The molecule has 0 unspecified atom stereocenters. The van der Waals surface area contributed by atoms with E-state index in [0.717, 1.165) is 18.4 Å². The van der Waals surface area contributed by atoms with Crippen molar-refractivity contribution in [3.05, 3.63) is 35.6 Å². The summed E-state index contributed by atoms with van der Waals surface area (Å²) < 4.78 is 12.6. The summed E-state index contributed by atoms with van der Waals surface area (Å²) in [5, 5.41) is 0. The Kier molecular flexibility index (Phi) is 4.08. The molecule has 0 aliphatic rings. The van der Waals surface area contributed by atoms with Gasteiger partial charge in [-0.25, -0.2) is 4.39 Å². The van der Waals surface area contributed by atoms with Crippen LogP contribution in [0.1, 0.15) is 25.8 Å². The van der Waals surface area contributed by atoms with E-state index < -0.39 is 0 Å². The summed E-state index contributed by atoms with van der Waals surface area (Å²) in [5.74, 6) is 0.427. The Balaban J connectivity index is 2.47. The van der Waals surface area contributed by atoms with Crippen LogP contribution in [0.3, 0.4) is 0 Å². The molecule has 0 aliphatic carbocycles. The van der Waals surface area contributed by atoms with Gasteiger partial charge in [-0.1, -0.05) is 26.0 Å². The van der Waals surface area contributed by atoms with Crippen molar-refractivity contribution in [1.29, 1.82) is 0 Å². The maximum absolute atomic E-state index is 12.6. The number of hydrogen-bond acceptors (Lipinski definition) is 1. The number of hydrogen-bond donors (Lipinski definition) is 1. The standard InChI is InChI=1S/C12H18FN/c1-9(2)7-12(14)8-10-3-5-11(13)6-4-10/h3-6,9,12H,7-8,14H2,1-2H3/t12-/m1/s1. The SMILES string of the molecule is CC(C)C[C@@H](N)Cc1ccc(F)cc1. The highest BCUT2D eigenvalue weighted by molar-refractivity contribution is 5.17. The van der Waals surface area contributed by atoms with Gasteiger partial charge in [-0.05, 0) is 36.5 Å². The second-order valence-electron chi connectivity index (χ2n) is 4.22. The minimum atomic E-state index is -0.189. The maximum atomic E-state index is 12.6. The lowest BCUT2D eigenvalue weighted by Gasteiger charge is -2.13. The van der Waals surface area contributed by atoms with Crippen LogP contribution in [-0.2, 0) is 6.42 Å². The van der Waals surface area contributed by atoms with Crippen LogP contribution in [0.15, 0.2) is 24.3 Å². The molecular weight excluding hydrogens is 177 g/mol. The van der Waals surface area contributed by atoms with Gasteiger partial charge < -0.3 is 5.73 Å². The van der Waals surface area contributed by atoms with E-state index in [9.17, 15) is 4.39 Å². The number of nitrogens with two attached hydrogens (primary N) is 1. The summed E-state index contributed by atoms with van der Waals surface area (Å²) in [6.07, 6.45) is 1.84. The van der Waals surface area contributed by atoms with Crippen molar-refractivity contribution >= 4 is 0 Å². The molecule has 0 bridgehead atoms. The summed E-state index contributed by atoms with van der Waals surface area (Å²) in [6.45, 7) is 4.31. The molecule has 14 heavy (non-hydrogen) atoms. The first-order valence-corrected chi connectivity index (χ1v) is 5.08. The van der Waals surface area contributed by atoms with E-state index in [1.807, 2.05) is 0 Å². The molecule has 0 radical (unpaired) electrons. The van der Waals surface area contributed by atoms with Gasteiger partial charge in [0.25, 0.3) is 0 Å². The smallest absolute Gasteiger partial charge is 0.123 e. The van der Waals surface area contributed by atoms with Crippen molar-refractivity contribution in [3.63, 3.8) is 0 Å². The third-order valence-electron chi connectivity index (χ3n) is 2.19. The predicted molar refractivity (Wildman–Crippen MR) is 57.5 cm³/mol. The minimum Gasteiger partial charge on any atom is -0.327 e. The van der Waals surface area contributed by atoms with E-state index in [4.69, 9.17) is 5.73 Å². The van der Waals surface area contributed by atoms with E-state index in [-0.39, 0.29) is 11.9 Å². The quantitative estimate of drug-likeness (QED) is 0.785. The molecular formula is C12H18FN. The highest BCUT2D eigenvalue weighted by atomic mass is 19.1.